The number of rotatable bonds is 4. The van der Waals surface area contributed by atoms with Crippen molar-refractivity contribution in [3.05, 3.63) is 35.4 Å². The Kier molecular flexibility index (Phi) is 2.93. The summed E-state index contributed by atoms with van der Waals surface area (Å²) in [4.78, 5) is 2.53. The molecule has 0 amide bonds. The van der Waals surface area contributed by atoms with E-state index in [-0.39, 0.29) is 0 Å². The van der Waals surface area contributed by atoms with Crippen LogP contribution in [0.1, 0.15) is 18.1 Å². The van der Waals surface area contributed by atoms with Crippen LogP contribution < -0.4 is 0 Å². The van der Waals surface area contributed by atoms with Gasteiger partial charge >= 0.3 is 0 Å². The molecule has 2 heteroatoms. The minimum atomic E-state index is 0.397. The zero-order valence-electron chi connectivity index (χ0n) is 10.5. The Morgan fingerprint density at radius 2 is 1.71 bits per heavy atom. The van der Waals surface area contributed by atoms with Crippen molar-refractivity contribution in [1.82, 2.24) is 4.90 Å². The molecule has 0 bridgehead atoms. The maximum atomic E-state index is 9.13. The van der Waals surface area contributed by atoms with E-state index in [0.29, 0.717) is 12.5 Å². The number of fused-ring (bicyclic) bond motifs is 1. The number of benzene rings is 1. The maximum Gasteiger partial charge on any atom is 0.0465 e. The zero-order valence-corrected chi connectivity index (χ0v) is 10.5. The standard InChI is InChI=1S/C15H21NO/c1-2-11-3-5-12(6-4-11)7-16-8-13-14(9-16)15(13)10-17/h3-6,13-15,17H,2,7-10H2,1H3. The molecule has 0 aromatic heterocycles. The van der Waals surface area contributed by atoms with E-state index in [1.165, 1.54) is 24.2 Å². The van der Waals surface area contributed by atoms with Crippen molar-refractivity contribution < 1.29 is 5.11 Å². The number of aryl methyl sites for hydroxylation is 1. The average molecular weight is 231 g/mol. The summed E-state index contributed by atoms with van der Waals surface area (Å²) in [6.07, 6.45) is 1.12. The molecule has 1 heterocycles. The summed E-state index contributed by atoms with van der Waals surface area (Å²) in [5, 5.41) is 9.13. The Bertz CT molecular complexity index is 374. The first kappa shape index (κ1) is 11.2. The molecule has 2 fully saturated rings. The predicted molar refractivity (Wildman–Crippen MR) is 68.7 cm³/mol. The summed E-state index contributed by atoms with van der Waals surface area (Å²) < 4.78 is 0. The van der Waals surface area contributed by atoms with Crippen LogP contribution in [0, 0.1) is 17.8 Å². The largest absolute Gasteiger partial charge is 0.396 e. The fourth-order valence-corrected chi connectivity index (χ4v) is 3.28. The van der Waals surface area contributed by atoms with Gasteiger partial charge in [0.05, 0.1) is 0 Å². The third-order valence-corrected chi connectivity index (χ3v) is 4.50. The lowest BCUT2D eigenvalue weighted by atomic mass is 10.1. The Labute approximate surface area is 103 Å². The monoisotopic (exact) mass is 231 g/mol. The Balaban J connectivity index is 1.55. The molecule has 1 aromatic rings. The van der Waals surface area contributed by atoms with Gasteiger partial charge in [0.25, 0.3) is 0 Å². The van der Waals surface area contributed by atoms with Crippen molar-refractivity contribution >= 4 is 0 Å². The van der Waals surface area contributed by atoms with Crippen LogP contribution in [0.25, 0.3) is 0 Å². The van der Waals surface area contributed by atoms with Crippen LogP contribution in [0.5, 0.6) is 0 Å². The van der Waals surface area contributed by atoms with Crippen LogP contribution in [-0.2, 0) is 13.0 Å². The number of likely N-dealkylation sites (tertiary alicyclic amines) is 1. The van der Waals surface area contributed by atoms with E-state index in [1.807, 2.05) is 0 Å². The Morgan fingerprint density at radius 3 is 2.24 bits per heavy atom. The van der Waals surface area contributed by atoms with Gasteiger partial charge in [-0.15, -0.1) is 0 Å². The van der Waals surface area contributed by atoms with Gasteiger partial charge in [-0.1, -0.05) is 31.2 Å². The van der Waals surface area contributed by atoms with E-state index in [1.54, 1.807) is 0 Å². The Morgan fingerprint density at radius 1 is 1.12 bits per heavy atom. The fourth-order valence-electron chi connectivity index (χ4n) is 3.28. The number of hydrogen-bond acceptors (Lipinski definition) is 2. The second-order valence-electron chi connectivity index (χ2n) is 5.54. The highest BCUT2D eigenvalue weighted by Crippen LogP contribution is 2.51. The van der Waals surface area contributed by atoms with E-state index in [4.69, 9.17) is 5.11 Å². The summed E-state index contributed by atoms with van der Waals surface area (Å²) in [5.74, 6) is 2.19. The van der Waals surface area contributed by atoms with Crippen LogP contribution in [0.4, 0.5) is 0 Å². The van der Waals surface area contributed by atoms with E-state index < -0.39 is 0 Å². The van der Waals surface area contributed by atoms with Gasteiger partial charge < -0.3 is 5.11 Å². The molecule has 1 aliphatic carbocycles. The van der Waals surface area contributed by atoms with Crippen LogP contribution in [-0.4, -0.2) is 29.7 Å². The highest BCUT2D eigenvalue weighted by atomic mass is 16.3. The second-order valence-corrected chi connectivity index (χ2v) is 5.54. The minimum Gasteiger partial charge on any atom is -0.396 e. The fraction of sp³-hybridized carbons (Fsp3) is 0.600. The molecule has 2 aliphatic rings. The summed E-state index contributed by atoms with van der Waals surface area (Å²) in [6.45, 7) is 6.04. The van der Waals surface area contributed by atoms with Gasteiger partial charge in [-0.2, -0.15) is 0 Å². The third kappa shape index (κ3) is 2.12. The number of nitrogens with zero attached hydrogens (tertiary/aromatic N) is 1. The van der Waals surface area contributed by atoms with Gasteiger partial charge in [-0.05, 0) is 35.3 Å². The minimum absolute atomic E-state index is 0.397. The number of piperidine rings is 1. The van der Waals surface area contributed by atoms with Crippen molar-refractivity contribution in [3.8, 4) is 0 Å². The molecular weight excluding hydrogens is 210 g/mol. The molecule has 2 nitrogen and oxygen atoms in total. The first-order chi connectivity index (χ1) is 8.31. The molecular formula is C15H21NO. The molecule has 3 rings (SSSR count). The lowest BCUT2D eigenvalue weighted by Gasteiger charge is -2.19. The highest BCUT2D eigenvalue weighted by Gasteiger charge is 2.54. The van der Waals surface area contributed by atoms with Crippen molar-refractivity contribution in [2.45, 2.75) is 19.9 Å². The van der Waals surface area contributed by atoms with E-state index in [2.05, 4.69) is 36.1 Å². The van der Waals surface area contributed by atoms with E-state index >= 15 is 0 Å². The summed E-state index contributed by atoms with van der Waals surface area (Å²) in [6, 6.07) is 8.99. The van der Waals surface area contributed by atoms with Crippen molar-refractivity contribution in [2.24, 2.45) is 17.8 Å². The normalized spacial score (nSPS) is 31.5. The zero-order chi connectivity index (χ0) is 11.8. The SMILES string of the molecule is CCc1ccc(CN2CC3C(CO)C3C2)cc1. The molecule has 1 aliphatic heterocycles. The molecule has 92 valence electrons. The molecule has 1 saturated heterocycles. The molecule has 0 radical (unpaired) electrons. The topological polar surface area (TPSA) is 23.5 Å². The first-order valence-electron chi connectivity index (χ1n) is 6.73. The summed E-state index contributed by atoms with van der Waals surface area (Å²) in [5.41, 5.74) is 2.84. The molecule has 2 unspecified atom stereocenters. The molecule has 1 saturated carbocycles. The van der Waals surface area contributed by atoms with Gasteiger partial charge in [0.1, 0.15) is 0 Å². The molecule has 17 heavy (non-hydrogen) atoms. The van der Waals surface area contributed by atoms with Gasteiger partial charge in [0, 0.05) is 26.2 Å². The number of aliphatic hydroxyl groups excluding tert-OH is 1. The van der Waals surface area contributed by atoms with Gasteiger partial charge in [0.2, 0.25) is 0 Å². The first-order valence-corrected chi connectivity index (χ1v) is 6.73. The summed E-state index contributed by atoms with van der Waals surface area (Å²) >= 11 is 0. The second kappa shape index (κ2) is 4.43. The van der Waals surface area contributed by atoms with Crippen LogP contribution in [0.3, 0.4) is 0 Å². The lowest BCUT2D eigenvalue weighted by Crippen LogP contribution is -2.24. The van der Waals surface area contributed by atoms with E-state index in [0.717, 1.165) is 24.8 Å². The highest BCUT2D eigenvalue weighted by molar-refractivity contribution is 5.22. The van der Waals surface area contributed by atoms with Crippen LogP contribution in [0.15, 0.2) is 24.3 Å². The van der Waals surface area contributed by atoms with Gasteiger partial charge in [-0.3, -0.25) is 4.90 Å². The van der Waals surface area contributed by atoms with Crippen molar-refractivity contribution in [3.63, 3.8) is 0 Å². The predicted octanol–water partition coefficient (Wildman–Crippen LogP) is 1.92. The molecule has 2 atom stereocenters. The molecule has 0 spiro atoms. The van der Waals surface area contributed by atoms with Crippen LogP contribution in [0.2, 0.25) is 0 Å². The Hall–Kier alpha value is -0.860. The van der Waals surface area contributed by atoms with Gasteiger partial charge in [-0.25, -0.2) is 0 Å². The molecule has 1 N–H and O–H groups in total. The van der Waals surface area contributed by atoms with Crippen molar-refractivity contribution in [1.29, 1.82) is 0 Å². The van der Waals surface area contributed by atoms with E-state index in [9.17, 15) is 0 Å². The average Bonchev–Trinajstić information content (AvgIpc) is 2.85. The number of hydrogen-bond donors (Lipinski definition) is 1. The number of aliphatic hydroxyl groups is 1. The maximum absolute atomic E-state index is 9.13. The lowest BCUT2D eigenvalue weighted by molar-refractivity contribution is 0.217. The van der Waals surface area contributed by atoms with Crippen LogP contribution >= 0.6 is 0 Å². The van der Waals surface area contributed by atoms with Gasteiger partial charge in [0.15, 0.2) is 0 Å². The van der Waals surface area contributed by atoms with Crippen molar-refractivity contribution in [2.75, 3.05) is 19.7 Å². The molecule has 1 aromatic carbocycles. The smallest absolute Gasteiger partial charge is 0.0465 e. The third-order valence-electron chi connectivity index (χ3n) is 4.50. The quantitative estimate of drug-likeness (QED) is 0.856. The summed E-state index contributed by atoms with van der Waals surface area (Å²) in [7, 11) is 0.